The van der Waals surface area contributed by atoms with Gasteiger partial charge >= 0.3 is 5.97 Å². The summed E-state index contributed by atoms with van der Waals surface area (Å²) in [6, 6.07) is 12.0. The highest BCUT2D eigenvalue weighted by molar-refractivity contribution is 6.39. The maximum Gasteiger partial charge on any atom is 0.335 e. The zero-order valence-electron chi connectivity index (χ0n) is 21.0. The van der Waals surface area contributed by atoms with Gasteiger partial charge in [0.15, 0.2) is 0 Å². The molecule has 0 radical (unpaired) electrons. The molecule has 3 aliphatic rings. The summed E-state index contributed by atoms with van der Waals surface area (Å²) in [5.41, 5.74) is 2.48. The number of carboxylic acids is 1. The van der Waals surface area contributed by atoms with Gasteiger partial charge < -0.3 is 18.9 Å². The number of benzene rings is 2. The van der Waals surface area contributed by atoms with Crippen molar-refractivity contribution in [3.63, 3.8) is 0 Å². The third kappa shape index (κ3) is 4.26. The smallest absolute Gasteiger partial charge is 0.335 e. The summed E-state index contributed by atoms with van der Waals surface area (Å²) < 4.78 is 18.3. The number of halogens is 2. The van der Waals surface area contributed by atoms with Gasteiger partial charge in [0.2, 0.25) is 11.7 Å². The highest BCUT2D eigenvalue weighted by Gasteiger charge is 2.58. The first kappa shape index (κ1) is 24.8. The number of fused-ring (bicyclic) bond motifs is 2. The molecule has 0 unspecified atom stereocenters. The molecule has 3 saturated carbocycles. The molecular weight excluding hydrogens is 541 g/mol. The molecule has 10 heteroatoms. The predicted molar refractivity (Wildman–Crippen MR) is 143 cm³/mol. The summed E-state index contributed by atoms with van der Waals surface area (Å²) in [6.07, 6.45) is 6.44. The second kappa shape index (κ2) is 9.18. The second-order valence-corrected chi connectivity index (χ2v) is 11.8. The molecule has 0 atom stereocenters. The van der Waals surface area contributed by atoms with Crippen molar-refractivity contribution >= 4 is 29.2 Å². The van der Waals surface area contributed by atoms with Crippen molar-refractivity contribution in [1.82, 2.24) is 15.3 Å². The van der Waals surface area contributed by atoms with E-state index < -0.39 is 5.97 Å². The molecule has 7 rings (SSSR count). The fraction of sp³-hybridized carbons (Fsp3) is 0.379. The zero-order chi connectivity index (χ0) is 26.8. The molecule has 2 aromatic carbocycles. The molecule has 0 amide bonds. The standard InChI is InChI=1S/C29H25Cl2N3O5/c30-20-5-2-6-21(31)22(20)23-19(24(38-33-23)16-7-8-16)14-37-29-11-9-28(15-29,10-12-29)27-32-25(34-39-27)17-3-1-4-18(13-17)26(35)36/h1-6,13,16H,7-12,14-15H2,(H,35,36). The monoisotopic (exact) mass is 565 g/mol. The van der Waals surface area contributed by atoms with E-state index in [4.69, 9.17) is 42.0 Å². The fourth-order valence-electron chi connectivity index (χ4n) is 6.26. The summed E-state index contributed by atoms with van der Waals surface area (Å²) >= 11 is 13.1. The minimum absolute atomic E-state index is 0.183. The molecule has 39 heavy (non-hydrogen) atoms. The van der Waals surface area contributed by atoms with E-state index in [-0.39, 0.29) is 16.6 Å². The predicted octanol–water partition coefficient (Wildman–Crippen LogP) is 7.45. The molecule has 8 nitrogen and oxygen atoms in total. The van der Waals surface area contributed by atoms with E-state index in [2.05, 4.69) is 10.3 Å². The third-order valence-corrected chi connectivity index (χ3v) is 9.15. The van der Waals surface area contributed by atoms with E-state index in [9.17, 15) is 9.90 Å². The number of ether oxygens (including phenoxy) is 1. The Bertz CT molecular complexity index is 1560. The Kier molecular flexibility index (Phi) is 5.84. The molecule has 4 aromatic rings. The van der Waals surface area contributed by atoms with Gasteiger partial charge in [0.25, 0.3) is 0 Å². The Morgan fingerprint density at radius 3 is 2.49 bits per heavy atom. The lowest BCUT2D eigenvalue weighted by atomic mass is 9.84. The van der Waals surface area contributed by atoms with Gasteiger partial charge in [0.05, 0.1) is 33.2 Å². The van der Waals surface area contributed by atoms with Gasteiger partial charge in [-0.1, -0.05) is 51.7 Å². The summed E-state index contributed by atoms with van der Waals surface area (Å²) in [5.74, 6) is 1.21. The van der Waals surface area contributed by atoms with Crippen molar-refractivity contribution < 1.29 is 23.7 Å². The Morgan fingerprint density at radius 1 is 1.03 bits per heavy atom. The number of hydrogen-bond donors (Lipinski definition) is 1. The van der Waals surface area contributed by atoms with E-state index >= 15 is 0 Å². The van der Waals surface area contributed by atoms with E-state index in [1.807, 2.05) is 6.07 Å². The van der Waals surface area contributed by atoms with Crippen molar-refractivity contribution in [1.29, 1.82) is 0 Å². The number of carboxylic acid groups (broad SMARTS) is 1. The second-order valence-electron chi connectivity index (χ2n) is 11.0. The van der Waals surface area contributed by atoms with Crippen LogP contribution in [-0.2, 0) is 16.8 Å². The third-order valence-electron chi connectivity index (χ3n) is 8.52. The summed E-state index contributed by atoms with van der Waals surface area (Å²) in [4.78, 5) is 16.1. The molecular formula is C29H25Cl2N3O5. The molecule has 2 bridgehead atoms. The molecule has 0 spiro atoms. The SMILES string of the molecule is O=C(O)c1cccc(-c2noc(C34CCC(OCc5c(-c6c(Cl)cccc6Cl)noc5C5CC5)(CC3)C4)n2)c1. The number of hydrogen-bond acceptors (Lipinski definition) is 7. The normalized spacial score (nSPS) is 23.9. The van der Waals surface area contributed by atoms with Crippen molar-refractivity contribution in [2.75, 3.05) is 0 Å². The molecule has 200 valence electrons. The Labute approximate surface area is 234 Å². The molecule has 2 heterocycles. The van der Waals surface area contributed by atoms with Crippen LogP contribution in [0.1, 0.15) is 78.4 Å². The lowest BCUT2D eigenvalue weighted by Gasteiger charge is -2.27. The first-order chi connectivity index (χ1) is 18.9. The minimum atomic E-state index is -0.995. The van der Waals surface area contributed by atoms with Crippen molar-refractivity contribution in [2.45, 2.75) is 68.5 Å². The topological polar surface area (TPSA) is 111 Å². The maximum atomic E-state index is 11.4. The highest BCUT2D eigenvalue weighted by Crippen LogP contribution is 2.59. The lowest BCUT2D eigenvalue weighted by Crippen LogP contribution is -2.26. The van der Waals surface area contributed by atoms with E-state index in [0.29, 0.717) is 51.1 Å². The van der Waals surface area contributed by atoms with Crippen molar-refractivity contribution in [2.24, 2.45) is 0 Å². The van der Waals surface area contributed by atoms with Crippen molar-refractivity contribution in [3.05, 3.63) is 75.3 Å². The first-order valence-corrected chi connectivity index (χ1v) is 13.9. The van der Waals surface area contributed by atoms with Crippen LogP contribution in [0.25, 0.3) is 22.6 Å². The van der Waals surface area contributed by atoms with Crippen LogP contribution in [0.5, 0.6) is 0 Å². The highest BCUT2D eigenvalue weighted by atomic mass is 35.5. The Balaban J connectivity index is 1.13. The van der Waals surface area contributed by atoms with Crippen LogP contribution in [0.2, 0.25) is 10.0 Å². The van der Waals surface area contributed by atoms with Gasteiger partial charge in [-0.25, -0.2) is 4.79 Å². The van der Waals surface area contributed by atoms with Crippen LogP contribution in [0, 0.1) is 0 Å². The zero-order valence-corrected chi connectivity index (χ0v) is 22.5. The average molecular weight is 566 g/mol. The first-order valence-electron chi connectivity index (χ1n) is 13.1. The molecule has 3 fully saturated rings. The number of aromatic carboxylic acids is 1. The van der Waals surface area contributed by atoms with E-state index in [1.165, 1.54) is 0 Å². The quantitative estimate of drug-likeness (QED) is 0.234. The van der Waals surface area contributed by atoms with Gasteiger partial charge in [0.1, 0.15) is 11.5 Å². The minimum Gasteiger partial charge on any atom is -0.478 e. The van der Waals surface area contributed by atoms with Gasteiger partial charge in [-0.05, 0) is 69.2 Å². The average Bonchev–Trinajstić information content (AvgIpc) is 3.28. The van der Waals surface area contributed by atoms with Gasteiger partial charge in [-0.15, -0.1) is 0 Å². The molecule has 0 aliphatic heterocycles. The lowest BCUT2D eigenvalue weighted by molar-refractivity contribution is -0.0488. The summed E-state index contributed by atoms with van der Waals surface area (Å²) in [5, 5.41) is 19.0. The Hall–Kier alpha value is -3.20. The molecule has 1 N–H and O–H groups in total. The largest absolute Gasteiger partial charge is 0.478 e. The Morgan fingerprint density at radius 2 is 1.77 bits per heavy atom. The van der Waals surface area contributed by atoms with Gasteiger partial charge in [0, 0.05) is 22.6 Å². The van der Waals surface area contributed by atoms with Crippen LogP contribution < -0.4 is 0 Å². The molecule has 2 aromatic heterocycles. The number of carbonyl (C=O) groups is 1. The van der Waals surface area contributed by atoms with Crippen molar-refractivity contribution in [3.8, 4) is 22.6 Å². The summed E-state index contributed by atoms with van der Waals surface area (Å²) in [7, 11) is 0. The van der Waals surface area contributed by atoms with Crippen LogP contribution >= 0.6 is 23.2 Å². The van der Waals surface area contributed by atoms with E-state index in [0.717, 1.165) is 56.3 Å². The van der Waals surface area contributed by atoms with Gasteiger partial charge in [-0.3, -0.25) is 0 Å². The van der Waals surface area contributed by atoms with Crippen LogP contribution in [0.4, 0.5) is 0 Å². The number of rotatable bonds is 8. The molecule has 0 saturated heterocycles. The maximum absolute atomic E-state index is 11.4. The number of nitrogens with zero attached hydrogens (tertiary/aromatic N) is 3. The van der Waals surface area contributed by atoms with E-state index in [1.54, 1.807) is 36.4 Å². The molecule has 3 aliphatic carbocycles. The van der Waals surface area contributed by atoms with Crippen LogP contribution in [-0.4, -0.2) is 32.0 Å². The number of aromatic nitrogens is 3. The van der Waals surface area contributed by atoms with Gasteiger partial charge in [-0.2, -0.15) is 4.98 Å². The fourth-order valence-corrected chi connectivity index (χ4v) is 6.84. The van der Waals surface area contributed by atoms with Crippen LogP contribution in [0.15, 0.2) is 51.5 Å². The van der Waals surface area contributed by atoms with Crippen LogP contribution in [0.3, 0.4) is 0 Å². The summed E-state index contributed by atoms with van der Waals surface area (Å²) in [6.45, 7) is 0.360.